The Bertz CT molecular complexity index is 465. The van der Waals surface area contributed by atoms with E-state index in [1.54, 1.807) is 19.9 Å². The van der Waals surface area contributed by atoms with Crippen molar-refractivity contribution in [3.63, 3.8) is 0 Å². The first-order valence-electron chi connectivity index (χ1n) is 6.24. The number of methoxy groups -OCH3 is 1. The highest BCUT2D eigenvalue weighted by Crippen LogP contribution is 2.40. The van der Waals surface area contributed by atoms with Crippen LogP contribution in [0.1, 0.15) is 32.3 Å². The summed E-state index contributed by atoms with van der Waals surface area (Å²) in [6, 6.07) is 5.66. The normalized spacial score (nSPS) is 12.1. The molecule has 112 valence electrons. The molecular formula is C14H17F3O3. The molecule has 0 N–H and O–H groups in total. The van der Waals surface area contributed by atoms with Crippen LogP contribution in [0.15, 0.2) is 24.3 Å². The molecule has 0 fully saturated rings. The van der Waals surface area contributed by atoms with Gasteiger partial charge in [-0.3, -0.25) is 4.79 Å². The average molecular weight is 290 g/mol. The van der Waals surface area contributed by atoms with Crippen molar-refractivity contribution in [2.24, 2.45) is 0 Å². The van der Waals surface area contributed by atoms with E-state index in [4.69, 9.17) is 4.74 Å². The van der Waals surface area contributed by atoms with E-state index in [9.17, 15) is 18.0 Å². The number of rotatable bonds is 5. The number of halogens is 3. The lowest BCUT2D eigenvalue weighted by Crippen LogP contribution is -2.36. The van der Waals surface area contributed by atoms with Gasteiger partial charge in [0.25, 0.3) is 0 Å². The number of para-hydroxylation sites is 1. The van der Waals surface area contributed by atoms with Crippen LogP contribution < -0.4 is 4.74 Å². The molecule has 0 amide bonds. The molecule has 20 heavy (non-hydrogen) atoms. The molecule has 0 bridgehead atoms. The minimum absolute atomic E-state index is 0.189. The molecule has 3 nitrogen and oxygen atoms in total. The van der Waals surface area contributed by atoms with Gasteiger partial charge in [0.05, 0.1) is 12.5 Å². The van der Waals surface area contributed by atoms with Crippen LogP contribution in [-0.2, 0) is 14.9 Å². The zero-order valence-electron chi connectivity index (χ0n) is 11.6. The van der Waals surface area contributed by atoms with Gasteiger partial charge >= 0.3 is 12.3 Å². The predicted octanol–water partition coefficient (Wildman–Crippen LogP) is 3.82. The van der Waals surface area contributed by atoms with Gasteiger partial charge in [0.15, 0.2) is 0 Å². The number of benzene rings is 1. The first-order valence-corrected chi connectivity index (χ1v) is 6.24. The lowest BCUT2D eigenvalue weighted by molar-refractivity contribution is -0.275. The molecule has 0 saturated carbocycles. The number of alkyl halides is 3. The molecule has 1 aromatic rings. The van der Waals surface area contributed by atoms with Gasteiger partial charge in [0, 0.05) is 5.56 Å². The predicted molar refractivity (Wildman–Crippen MR) is 67.4 cm³/mol. The van der Waals surface area contributed by atoms with Crippen molar-refractivity contribution in [3.05, 3.63) is 29.8 Å². The number of carbonyl (C=O) groups is 1. The van der Waals surface area contributed by atoms with E-state index in [0.29, 0.717) is 12.8 Å². The Balaban J connectivity index is 3.38. The minimum atomic E-state index is -4.81. The zero-order valence-corrected chi connectivity index (χ0v) is 11.6. The summed E-state index contributed by atoms with van der Waals surface area (Å²) in [5, 5.41) is 0. The Labute approximate surface area is 115 Å². The van der Waals surface area contributed by atoms with Crippen LogP contribution in [0.3, 0.4) is 0 Å². The van der Waals surface area contributed by atoms with E-state index >= 15 is 0 Å². The monoisotopic (exact) mass is 290 g/mol. The highest BCUT2D eigenvalue weighted by molar-refractivity contribution is 5.84. The molecule has 0 aromatic heterocycles. The SMILES string of the molecule is CCC(CC)(C(=O)OC)c1ccccc1OC(F)(F)F. The Hall–Kier alpha value is -1.72. The van der Waals surface area contributed by atoms with E-state index in [1.807, 2.05) is 0 Å². The molecule has 0 spiro atoms. The van der Waals surface area contributed by atoms with Gasteiger partial charge in [-0.25, -0.2) is 0 Å². The third-order valence-electron chi connectivity index (χ3n) is 3.41. The van der Waals surface area contributed by atoms with Gasteiger partial charge in [-0.2, -0.15) is 0 Å². The molecule has 1 rings (SSSR count). The van der Waals surface area contributed by atoms with Gasteiger partial charge in [0.1, 0.15) is 5.75 Å². The topological polar surface area (TPSA) is 35.5 Å². The molecule has 0 aliphatic rings. The summed E-state index contributed by atoms with van der Waals surface area (Å²) in [4.78, 5) is 12.1. The molecule has 0 saturated heterocycles. The van der Waals surface area contributed by atoms with Crippen LogP contribution in [0.5, 0.6) is 5.75 Å². The maximum atomic E-state index is 12.5. The maximum Gasteiger partial charge on any atom is 0.573 e. The molecule has 0 aliphatic heterocycles. The van der Waals surface area contributed by atoms with E-state index in [0.717, 1.165) is 0 Å². The second-order valence-corrected chi connectivity index (χ2v) is 4.32. The van der Waals surface area contributed by atoms with Crippen LogP contribution >= 0.6 is 0 Å². The lowest BCUT2D eigenvalue weighted by atomic mass is 9.75. The van der Waals surface area contributed by atoms with Crippen molar-refractivity contribution in [1.29, 1.82) is 0 Å². The number of hydrogen-bond acceptors (Lipinski definition) is 3. The van der Waals surface area contributed by atoms with Crippen molar-refractivity contribution in [3.8, 4) is 5.75 Å². The summed E-state index contributed by atoms with van der Waals surface area (Å²) < 4.78 is 46.2. The van der Waals surface area contributed by atoms with Crippen molar-refractivity contribution in [2.75, 3.05) is 7.11 Å². The molecule has 6 heteroatoms. The van der Waals surface area contributed by atoms with Crippen LogP contribution in [-0.4, -0.2) is 19.4 Å². The van der Waals surface area contributed by atoms with Crippen molar-refractivity contribution >= 4 is 5.97 Å². The molecule has 0 heterocycles. The van der Waals surface area contributed by atoms with Crippen molar-refractivity contribution in [2.45, 2.75) is 38.5 Å². The summed E-state index contributed by atoms with van der Waals surface area (Å²) >= 11 is 0. The quantitative estimate of drug-likeness (QED) is 0.773. The van der Waals surface area contributed by atoms with E-state index in [1.165, 1.54) is 25.3 Å². The molecule has 0 aliphatic carbocycles. The van der Waals surface area contributed by atoms with Gasteiger partial charge in [0.2, 0.25) is 0 Å². The number of ether oxygens (including phenoxy) is 2. The average Bonchev–Trinajstić information content (AvgIpc) is 2.40. The molecule has 1 aromatic carbocycles. The molecular weight excluding hydrogens is 273 g/mol. The number of carbonyl (C=O) groups excluding carboxylic acids is 1. The second-order valence-electron chi connectivity index (χ2n) is 4.32. The van der Waals surface area contributed by atoms with Crippen LogP contribution in [0.25, 0.3) is 0 Å². The first kappa shape index (κ1) is 16.3. The number of hydrogen-bond donors (Lipinski definition) is 0. The van der Waals surface area contributed by atoms with Crippen LogP contribution in [0.2, 0.25) is 0 Å². The smallest absolute Gasteiger partial charge is 0.468 e. The van der Waals surface area contributed by atoms with Crippen LogP contribution in [0, 0.1) is 0 Å². The maximum absolute atomic E-state index is 12.5. The van der Waals surface area contributed by atoms with E-state index in [-0.39, 0.29) is 11.3 Å². The van der Waals surface area contributed by atoms with Crippen molar-refractivity contribution in [1.82, 2.24) is 0 Å². The Morgan fingerprint density at radius 2 is 1.70 bits per heavy atom. The van der Waals surface area contributed by atoms with Crippen molar-refractivity contribution < 1.29 is 27.4 Å². The van der Waals surface area contributed by atoms with E-state index < -0.39 is 17.7 Å². The largest absolute Gasteiger partial charge is 0.573 e. The van der Waals surface area contributed by atoms with Gasteiger partial charge in [-0.05, 0) is 18.9 Å². The summed E-state index contributed by atoms with van der Waals surface area (Å²) in [6.07, 6.45) is -4.18. The second kappa shape index (κ2) is 6.15. The number of esters is 1. The highest BCUT2D eigenvalue weighted by Gasteiger charge is 2.42. The Kier molecular flexibility index (Phi) is 5.03. The fraction of sp³-hybridized carbons (Fsp3) is 0.500. The molecule has 0 radical (unpaired) electrons. The lowest BCUT2D eigenvalue weighted by Gasteiger charge is -2.30. The zero-order chi connectivity index (χ0) is 15.4. The first-order chi connectivity index (χ1) is 9.30. The highest BCUT2D eigenvalue weighted by atomic mass is 19.4. The summed E-state index contributed by atoms with van der Waals surface area (Å²) in [5.74, 6) is -0.935. The fourth-order valence-electron chi connectivity index (χ4n) is 2.30. The summed E-state index contributed by atoms with van der Waals surface area (Å²) in [6.45, 7) is 3.45. The Morgan fingerprint density at radius 1 is 1.15 bits per heavy atom. The van der Waals surface area contributed by atoms with Crippen LogP contribution in [0.4, 0.5) is 13.2 Å². The third-order valence-corrected chi connectivity index (χ3v) is 3.41. The standard InChI is InChI=1S/C14H17F3O3/c1-4-13(5-2,12(18)19-3)10-8-6-7-9-11(10)20-14(15,16)17/h6-9H,4-5H2,1-3H3. The van der Waals surface area contributed by atoms with E-state index in [2.05, 4.69) is 4.74 Å². The molecule has 0 atom stereocenters. The van der Waals surface area contributed by atoms with Gasteiger partial charge < -0.3 is 9.47 Å². The third kappa shape index (κ3) is 3.23. The summed E-state index contributed by atoms with van der Waals surface area (Å²) in [7, 11) is 1.22. The Morgan fingerprint density at radius 3 is 2.15 bits per heavy atom. The molecule has 0 unspecified atom stereocenters. The summed E-state index contributed by atoms with van der Waals surface area (Å²) in [5.41, 5.74) is -0.953. The minimum Gasteiger partial charge on any atom is -0.468 e. The fourth-order valence-corrected chi connectivity index (χ4v) is 2.30. The van der Waals surface area contributed by atoms with Gasteiger partial charge in [-0.15, -0.1) is 13.2 Å². The van der Waals surface area contributed by atoms with Gasteiger partial charge in [-0.1, -0.05) is 32.0 Å².